The number of allylic oxidation sites excluding steroid dienone is 1. The van der Waals surface area contributed by atoms with Crippen LogP contribution in [0.1, 0.15) is 11.3 Å². The lowest BCUT2D eigenvalue weighted by molar-refractivity contribution is 0.409. The molecule has 1 N–H and O–H groups in total. The van der Waals surface area contributed by atoms with Crippen LogP contribution in [0.3, 0.4) is 0 Å². The van der Waals surface area contributed by atoms with Crippen LogP contribution < -0.4 is 10.2 Å². The first-order valence-corrected chi connectivity index (χ1v) is 5.77. The summed E-state index contributed by atoms with van der Waals surface area (Å²) in [5.74, 6) is 0.329. The van der Waals surface area contributed by atoms with E-state index in [-0.39, 0.29) is 5.43 Å². The molecular weight excluding hydrogens is 226 g/mol. The average Bonchev–Trinajstić information content (AvgIpc) is 2.40. The van der Waals surface area contributed by atoms with E-state index in [2.05, 4.69) is 17.1 Å². The summed E-state index contributed by atoms with van der Waals surface area (Å²) in [4.78, 5) is 14.5. The number of rotatable bonds is 4. The first-order chi connectivity index (χ1) is 8.79. The lowest BCUT2D eigenvalue weighted by Gasteiger charge is -1.99. The third-order valence-electron chi connectivity index (χ3n) is 2.61. The van der Waals surface area contributed by atoms with Gasteiger partial charge in [0.15, 0.2) is 5.75 Å². The van der Waals surface area contributed by atoms with E-state index in [0.29, 0.717) is 5.75 Å². The average molecular weight is 241 g/mol. The van der Waals surface area contributed by atoms with E-state index >= 15 is 0 Å². The molecule has 18 heavy (non-hydrogen) atoms. The van der Waals surface area contributed by atoms with Crippen molar-refractivity contribution in [3.8, 4) is 5.75 Å². The molecule has 92 valence electrons. The zero-order chi connectivity index (χ0) is 12.8. The normalized spacial score (nSPS) is 10.7. The monoisotopic (exact) mass is 241 g/mol. The molecule has 0 aliphatic heterocycles. The van der Waals surface area contributed by atoms with E-state index in [1.54, 1.807) is 6.20 Å². The quantitative estimate of drug-likeness (QED) is 0.894. The van der Waals surface area contributed by atoms with Crippen LogP contribution in [0, 0.1) is 0 Å². The Morgan fingerprint density at radius 1 is 1.28 bits per heavy atom. The van der Waals surface area contributed by atoms with E-state index < -0.39 is 0 Å². The number of benzene rings is 1. The fourth-order valence-electron chi connectivity index (χ4n) is 1.67. The standard InChI is InChI=1S/C15H15NO2/c1-18-15-11-16-13(10-14(15)17)9-5-8-12-6-3-2-4-7-12/h2-7,9-11H,8H2,1H3,(H,16,17)/b9-5+. The molecule has 0 amide bonds. The van der Waals surface area contributed by atoms with Crippen LogP contribution in [0.4, 0.5) is 0 Å². The maximum absolute atomic E-state index is 11.5. The van der Waals surface area contributed by atoms with Gasteiger partial charge in [-0.05, 0) is 18.1 Å². The molecule has 2 aromatic rings. The Bertz CT molecular complexity index is 585. The van der Waals surface area contributed by atoms with Gasteiger partial charge < -0.3 is 9.72 Å². The highest BCUT2D eigenvalue weighted by Crippen LogP contribution is 2.04. The van der Waals surface area contributed by atoms with Crippen LogP contribution >= 0.6 is 0 Å². The van der Waals surface area contributed by atoms with Crippen LogP contribution in [0.2, 0.25) is 0 Å². The predicted octanol–water partition coefficient (Wildman–Crippen LogP) is 2.64. The molecular formula is C15H15NO2. The smallest absolute Gasteiger partial charge is 0.223 e. The third-order valence-corrected chi connectivity index (χ3v) is 2.61. The highest BCUT2D eigenvalue weighted by Gasteiger charge is 1.97. The minimum Gasteiger partial charge on any atom is -0.491 e. The van der Waals surface area contributed by atoms with Crippen LogP contribution in [0.25, 0.3) is 6.08 Å². The summed E-state index contributed by atoms with van der Waals surface area (Å²) >= 11 is 0. The lowest BCUT2D eigenvalue weighted by atomic mass is 10.1. The number of nitrogens with one attached hydrogen (secondary N) is 1. The van der Waals surface area contributed by atoms with Crippen molar-refractivity contribution in [2.45, 2.75) is 6.42 Å². The van der Waals surface area contributed by atoms with Gasteiger partial charge in [0, 0.05) is 18.0 Å². The lowest BCUT2D eigenvalue weighted by Crippen LogP contribution is -2.05. The Labute approximate surface area is 106 Å². The molecule has 1 aromatic carbocycles. The molecule has 0 fully saturated rings. The third kappa shape index (κ3) is 3.10. The number of ether oxygens (including phenoxy) is 1. The van der Waals surface area contributed by atoms with Crippen molar-refractivity contribution in [3.05, 3.63) is 70.2 Å². The minimum atomic E-state index is -0.115. The van der Waals surface area contributed by atoms with E-state index in [1.165, 1.54) is 18.7 Å². The Kier molecular flexibility index (Phi) is 3.97. The molecule has 0 aliphatic carbocycles. The number of aromatic amines is 1. The number of aromatic nitrogens is 1. The summed E-state index contributed by atoms with van der Waals surface area (Å²) in [5.41, 5.74) is 1.90. The van der Waals surface area contributed by atoms with Crippen LogP contribution in [0.5, 0.6) is 5.75 Å². The Morgan fingerprint density at radius 3 is 2.72 bits per heavy atom. The predicted molar refractivity (Wildman–Crippen MR) is 72.8 cm³/mol. The van der Waals surface area contributed by atoms with Crippen molar-refractivity contribution < 1.29 is 4.74 Å². The van der Waals surface area contributed by atoms with Crippen LogP contribution in [-0.4, -0.2) is 12.1 Å². The molecule has 1 aromatic heterocycles. The second-order valence-electron chi connectivity index (χ2n) is 3.91. The van der Waals surface area contributed by atoms with Gasteiger partial charge in [-0.2, -0.15) is 0 Å². The van der Waals surface area contributed by atoms with Crippen molar-refractivity contribution >= 4 is 6.08 Å². The molecule has 0 bridgehead atoms. The van der Waals surface area contributed by atoms with Gasteiger partial charge in [0.05, 0.1) is 7.11 Å². The van der Waals surface area contributed by atoms with Gasteiger partial charge in [-0.25, -0.2) is 0 Å². The molecule has 3 nitrogen and oxygen atoms in total. The van der Waals surface area contributed by atoms with E-state index in [1.807, 2.05) is 30.4 Å². The topological polar surface area (TPSA) is 42.1 Å². The Balaban J connectivity index is 2.06. The van der Waals surface area contributed by atoms with Gasteiger partial charge in [0.25, 0.3) is 0 Å². The van der Waals surface area contributed by atoms with Crippen LogP contribution in [0.15, 0.2) is 53.5 Å². The molecule has 2 rings (SSSR count). The summed E-state index contributed by atoms with van der Waals surface area (Å²) < 4.78 is 4.91. The van der Waals surface area contributed by atoms with E-state index in [9.17, 15) is 4.79 Å². The Morgan fingerprint density at radius 2 is 2.06 bits per heavy atom. The first kappa shape index (κ1) is 12.2. The fourth-order valence-corrected chi connectivity index (χ4v) is 1.67. The second kappa shape index (κ2) is 5.87. The molecule has 1 heterocycles. The van der Waals surface area contributed by atoms with Crippen molar-refractivity contribution in [2.75, 3.05) is 7.11 Å². The SMILES string of the molecule is COc1c[nH]c(/C=C/Cc2ccccc2)cc1=O. The second-order valence-corrected chi connectivity index (χ2v) is 3.91. The zero-order valence-corrected chi connectivity index (χ0v) is 10.2. The fraction of sp³-hybridized carbons (Fsp3) is 0.133. The summed E-state index contributed by atoms with van der Waals surface area (Å²) in [5, 5.41) is 0. The molecule has 0 saturated heterocycles. The first-order valence-electron chi connectivity index (χ1n) is 5.77. The molecule has 0 saturated carbocycles. The van der Waals surface area contributed by atoms with Gasteiger partial charge >= 0.3 is 0 Å². The summed E-state index contributed by atoms with van der Waals surface area (Å²) in [6.45, 7) is 0. The maximum Gasteiger partial charge on any atom is 0.223 e. The Hall–Kier alpha value is -2.29. The van der Waals surface area contributed by atoms with Gasteiger partial charge in [0.1, 0.15) is 0 Å². The van der Waals surface area contributed by atoms with E-state index in [4.69, 9.17) is 4.74 Å². The zero-order valence-electron chi connectivity index (χ0n) is 10.2. The minimum absolute atomic E-state index is 0.115. The molecule has 0 atom stereocenters. The van der Waals surface area contributed by atoms with Gasteiger partial charge in [0.2, 0.25) is 5.43 Å². The number of H-pyrrole nitrogens is 1. The number of hydrogen-bond donors (Lipinski definition) is 1. The van der Waals surface area contributed by atoms with Crippen LogP contribution in [-0.2, 0) is 6.42 Å². The largest absolute Gasteiger partial charge is 0.491 e. The molecule has 3 heteroatoms. The summed E-state index contributed by atoms with van der Waals surface area (Å²) in [7, 11) is 1.48. The van der Waals surface area contributed by atoms with Gasteiger partial charge in [-0.1, -0.05) is 36.4 Å². The van der Waals surface area contributed by atoms with Gasteiger partial charge in [-0.15, -0.1) is 0 Å². The van der Waals surface area contributed by atoms with Crippen molar-refractivity contribution in [2.24, 2.45) is 0 Å². The summed E-state index contributed by atoms with van der Waals surface area (Å²) in [6.07, 6.45) is 6.33. The molecule has 0 radical (unpaired) electrons. The number of hydrogen-bond acceptors (Lipinski definition) is 2. The highest BCUT2D eigenvalue weighted by molar-refractivity contribution is 5.46. The highest BCUT2D eigenvalue weighted by atomic mass is 16.5. The van der Waals surface area contributed by atoms with E-state index in [0.717, 1.165) is 12.1 Å². The van der Waals surface area contributed by atoms with Gasteiger partial charge in [-0.3, -0.25) is 4.79 Å². The number of pyridine rings is 1. The maximum atomic E-state index is 11.5. The van der Waals surface area contributed by atoms with Crippen molar-refractivity contribution in [3.63, 3.8) is 0 Å². The summed E-state index contributed by atoms with van der Waals surface area (Å²) in [6, 6.07) is 11.7. The van der Waals surface area contributed by atoms with Crippen molar-refractivity contribution in [1.29, 1.82) is 0 Å². The molecule has 0 unspecified atom stereocenters. The molecule has 0 spiro atoms. The molecule has 0 aliphatic rings. The van der Waals surface area contributed by atoms with Crippen molar-refractivity contribution in [1.82, 2.24) is 4.98 Å². The number of methoxy groups -OCH3 is 1.